The van der Waals surface area contributed by atoms with Gasteiger partial charge in [0.1, 0.15) is 0 Å². The molecule has 1 aromatic heterocycles. The van der Waals surface area contributed by atoms with Crippen LogP contribution in [0.25, 0.3) is 0 Å². The summed E-state index contributed by atoms with van der Waals surface area (Å²) in [6.07, 6.45) is 0. The van der Waals surface area contributed by atoms with E-state index in [0.29, 0.717) is 15.2 Å². The van der Waals surface area contributed by atoms with E-state index in [4.69, 9.17) is 11.6 Å². The summed E-state index contributed by atoms with van der Waals surface area (Å²) >= 11 is 12.2. The van der Waals surface area contributed by atoms with Gasteiger partial charge in [0.15, 0.2) is 4.21 Å². The van der Waals surface area contributed by atoms with E-state index in [9.17, 15) is 8.42 Å². The molecule has 1 aromatic carbocycles. The van der Waals surface area contributed by atoms with Crippen molar-refractivity contribution < 1.29 is 8.42 Å². The van der Waals surface area contributed by atoms with Crippen molar-refractivity contribution in [3.63, 3.8) is 0 Å². The summed E-state index contributed by atoms with van der Waals surface area (Å²) in [5, 5.41) is 2.28. The van der Waals surface area contributed by atoms with Crippen LogP contribution < -0.4 is 4.72 Å². The standard InChI is InChI=1S/C10H6BrClINO2S2/c11-7-3-4-17-10(7)18(15,16)14-9-2-1-6(12)5-8(9)13/h1-5,14H. The number of anilines is 1. The molecule has 2 aromatic rings. The van der Waals surface area contributed by atoms with Gasteiger partial charge in [-0.15, -0.1) is 11.3 Å². The first-order valence-electron chi connectivity index (χ1n) is 4.61. The molecule has 0 saturated heterocycles. The minimum Gasteiger partial charge on any atom is -0.278 e. The molecule has 0 aliphatic rings. The summed E-state index contributed by atoms with van der Waals surface area (Å²) in [6, 6.07) is 6.68. The lowest BCUT2D eigenvalue weighted by molar-refractivity contribution is 0.603. The predicted molar refractivity (Wildman–Crippen MR) is 87.0 cm³/mol. The third-order valence-electron chi connectivity index (χ3n) is 2.00. The van der Waals surface area contributed by atoms with Crippen LogP contribution in [0.2, 0.25) is 5.02 Å². The van der Waals surface area contributed by atoms with Crippen LogP contribution in [-0.4, -0.2) is 8.42 Å². The summed E-state index contributed by atoms with van der Waals surface area (Å²) in [7, 11) is -3.56. The Morgan fingerprint density at radius 1 is 1.33 bits per heavy atom. The highest BCUT2D eigenvalue weighted by molar-refractivity contribution is 14.1. The average Bonchev–Trinajstić information content (AvgIpc) is 2.69. The molecule has 0 atom stereocenters. The second kappa shape index (κ2) is 5.66. The number of hydrogen-bond donors (Lipinski definition) is 1. The van der Waals surface area contributed by atoms with Gasteiger partial charge in [0.05, 0.1) is 5.69 Å². The first-order chi connectivity index (χ1) is 8.40. The lowest BCUT2D eigenvalue weighted by Crippen LogP contribution is -2.12. The van der Waals surface area contributed by atoms with E-state index >= 15 is 0 Å². The van der Waals surface area contributed by atoms with Gasteiger partial charge < -0.3 is 0 Å². The summed E-state index contributed by atoms with van der Waals surface area (Å²) < 4.78 is 28.4. The Bertz CT molecular complexity index is 687. The normalized spacial score (nSPS) is 11.5. The topological polar surface area (TPSA) is 46.2 Å². The molecule has 3 nitrogen and oxygen atoms in total. The molecule has 0 amide bonds. The Kier molecular flexibility index (Phi) is 4.58. The molecule has 0 bridgehead atoms. The zero-order valence-electron chi connectivity index (χ0n) is 8.65. The Labute approximate surface area is 136 Å². The van der Waals surface area contributed by atoms with Gasteiger partial charge in [0.2, 0.25) is 0 Å². The zero-order chi connectivity index (χ0) is 13.3. The van der Waals surface area contributed by atoms with Gasteiger partial charge in [0, 0.05) is 13.1 Å². The number of thiophene rings is 1. The minimum absolute atomic E-state index is 0.258. The van der Waals surface area contributed by atoms with Crippen molar-refractivity contribution in [1.82, 2.24) is 0 Å². The first kappa shape index (κ1) is 14.6. The van der Waals surface area contributed by atoms with Crippen LogP contribution in [0, 0.1) is 3.57 Å². The Morgan fingerprint density at radius 3 is 2.61 bits per heavy atom. The molecule has 18 heavy (non-hydrogen) atoms. The molecule has 2 rings (SSSR count). The zero-order valence-corrected chi connectivity index (χ0v) is 14.8. The number of nitrogens with one attached hydrogen (secondary N) is 1. The molecule has 0 spiro atoms. The third kappa shape index (κ3) is 3.19. The Morgan fingerprint density at radius 2 is 2.06 bits per heavy atom. The van der Waals surface area contributed by atoms with E-state index in [-0.39, 0.29) is 4.21 Å². The van der Waals surface area contributed by atoms with Gasteiger partial charge in [-0.2, -0.15) is 0 Å². The second-order valence-corrected chi connectivity index (χ2v) is 8.53. The number of hydrogen-bond acceptors (Lipinski definition) is 3. The second-order valence-electron chi connectivity index (χ2n) is 3.29. The van der Waals surface area contributed by atoms with Crippen molar-refractivity contribution in [2.45, 2.75) is 4.21 Å². The molecule has 0 aliphatic carbocycles. The van der Waals surface area contributed by atoms with Crippen molar-refractivity contribution in [2.24, 2.45) is 0 Å². The van der Waals surface area contributed by atoms with Crippen LogP contribution in [0.15, 0.2) is 38.3 Å². The Hall–Kier alpha value is 0.170. The number of halogens is 3. The fourth-order valence-electron chi connectivity index (χ4n) is 1.23. The molecular formula is C10H6BrClINO2S2. The molecule has 0 aliphatic heterocycles. The molecule has 1 heterocycles. The largest absolute Gasteiger partial charge is 0.278 e. The number of benzene rings is 1. The maximum absolute atomic E-state index is 12.2. The van der Waals surface area contributed by atoms with E-state index in [0.717, 1.165) is 14.9 Å². The van der Waals surface area contributed by atoms with Crippen molar-refractivity contribution in [1.29, 1.82) is 0 Å². The van der Waals surface area contributed by atoms with Crippen LogP contribution in [0.4, 0.5) is 5.69 Å². The summed E-state index contributed by atoms with van der Waals surface area (Å²) in [4.78, 5) is 0. The SMILES string of the molecule is O=S(=O)(Nc1ccc(Cl)cc1I)c1sccc1Br. The molecule has 96 valence electrons. The first-order valence-corrected chi connectivity index (χ1v) is 9.22. The lowest BCUT2D eigenvalue weighted by Gasteiger charge is -2.09. The van der Waals surface area contributed by atoms with Gasteiger partial charge in [-0.05, 0) is 68.2 Å². The van der Waals surface area contributed by atoms with Crippen molar-refractivity contribution in [3.8, 4) is 0 Å². The molecular weight excluding hydrogens is 473 g/mol. The highest BCUT2D eigenvalue weighted by Gasteiger charge is 2.20. The quantitative estimate of drug-likeness (QED) is 0.657. The molecule has 8 heteroatoms. The highest BCUT2D eigenvalue weighted by Crippen LogP contribution is 2.31. The van der Waals surface area contributed by atoms with Gasteiger partial charge >= 0.3 is 0 Å². The summed E-state index contributed by atoms with van der Waals surface area (Å²) in [5.41, 5.74) is 0.514. The van der Waals surface area contributed by atoms with Crippen LogP contribution >= 0.6 is 61.5 Å². The monoisotopic (exact) mass is 477 g/mol. The summed E-state index contributed by atoms with van der Waals surface area (Å²) in [5.74, 6) is 0. The van der Waals surface area contributed by atoms with E-state index in [1.165, 1.54) is 0 Å². The van der Waals surface area contributed by atoms with Gasteiger partial charge in [-0.3, -0.25) is 4.72 Å². The van der Waals surface area contributed by atoms with Crippen LogP contribution in [0.1, 0.15) is 0 Å². The van der Waals surface area contributed by atoms with Gasteiger partial charge in [-0.25, -0.2) is 8.42 Å². The molecule has 1 N–H and O–H groups in total. The average molecular weight is 479 g/mol. The van der Waals surface area contributed by atoms with Crippen LogP contribution in [0.3, 0.4) is 0 Å². The number of rotatable bonds is 3. The maximum atomic E-state index is 12.2. The van der Waals surface area contributed by atoms with Gasteiger partial charge in [-0.1, -0.05) is 11.6 Å². The predicted octanol–water partition coefficient (Wildman–Crippen LogP) is 4.57. The van der Waals surface area contributed by atoms with E-state index in [1.807, 2.05) is 22.6 Å². The highest BCUT2D eigenvalue weighted by atomic mass is 127. The molecule has 0 fully saturated rings. The molecule has 0 saturated carbocycles. The van der Waals surface area contributed by atoms with Crippen molar-refractivity contribution in [3.05, 3.63) is 42.7 Å². The van der Waals surface area contributed by atoms with E-state index in [1.54, 1.807) is 29.6 Å². The van der Waals surface area contributed by atoms with Crippen molar-refractivity contribution in [2.75, 3.05) is 4.72 Å². The van der Waals surface area contributed by atoms with Crippen molar-refractivity contribution >= 4 is 77.2 Å². The molecule has 0 unspecified atom stereocenters. The minimum atomic E-state index is -3.56. The molecule has 0 radical (unpaired) electrons. The van der Waals surface area contributed by atoms with Crippen LogP contribution in [0.5, 0.6) is 0 Å². The van der Waals surface area contributed by atoms with Gasteiger partial charge in [0.25, 0.3) is 10.0 Å². The summed E-state index contributed by atoms with van der Waals surface area (Å²) in [6.45, 7) is 0. The van der Waals surface area contributed by atoms with E-state index in [2.05, 4.69) is 20.7 Å². The lowest BCUT2D eigenvalue weighted by atomic mass is 10.3. The maximum Gasteiger partial charge on any atom is 0.272 e. The third-order valence-corrected chi connectivity index (χ3v) is 7.17. The fraction of sp³-hybridized carbons (Fsp3) is 0. The number of sulfonamides is 1. The smallest absolute Gasteiger partial charge is 0.272 e. The van der Waals surface area contributed by atoms with E-state index < -0.39 is 10.0 Å². The van der Waals surface area contributed by atoms with Crippen LogP contribution in [-0.2, 0) is 10.0 Å². The fourth-order valence-corrected chi connectivity index (χ4v) is 5.84. The Balaban J connectivity index is 2.37.